The van der Waals surface area contributed by atoms with Crippen molar-refractivity contribution in [3.63, 3.8) is 0 Å². The van der Waals surface area contributed by atoms with E-state index < -0.39 is 10.0 Å². The highest BCUT2D eigenvalue weighted by atomic mass is 35.5. The van der Waals surface area contributed by atoms with Crippen LogP contribution in [0.25, 0.3) is 0 Å². The Morgan fingerprint density at radius 3 is 2.68 bits per heavy atom. The van der Waals surface area contributed by atoms with Gasteiger partial charge in [0, 0.05) is 11.6 Å². The summed E-state index contributed by atoms with van der Waals surface area (Å²) in [5.74, 6) is 0.322. The van der Waals surface area contributed by atoms with Crippen molar-refractivity contribution in [3.05, 3.63) is 46.3 Å². The van der Waals surface area contributed by atoms with Gasteiger partial charge in [-0.05, 0) is 38.3 Å². The second kappa shape index (κ2) is 5.68. The summed E-state index contributed by atoms with van der Waals surface area (Å²) in [5.41, 5.74) is 1.24. The van der Waals surface area contributed by atoms with E-state index in [1.807, 2.05) is 18.2 Å². The zero-order chi connectivity index (χ0) is 15.9. The topological polar surface area (TPSA) is 63.4 Å². The van der Waals surface area contributed by atoms with Crippen LogP contribution in [-0.4, -0.2) is 24.4 Å². The molecule has 118 valence electrons. The number of rotatable bonds is 3. The van der Waals surface area contributed by atoms with Crippen LogP contribution in [-0.2, 0) is 10.0 Å². The normalized spacial score (nSPS) is 19.7. The van der Waals surface area contributed by atoms with Gasteiger partial charge in [0.15, 0.2) is 5.76 Å². The summed E-state index contributed by atoms with van der Waals surface area (Å²) >= 11 is 6.25. The maximum Gasteiger partial charge on any atom is 0.249 e. The van der Waals surface area contributed by atoms with Crippen LogP contribution in [0.1, 0.15) is 35.9 Å². The van der Waals surface area contributed by atoms with Crippen molar-refractivity contribution < 1.29 is 12.9 Å². The molecule has 7 heteroatoms. The highest BCUT2D eigenvalue weighted by molar-refractivity contribution is 7.89. The van der Waals surface area contributed by atoms with Gasteiger partial charge >= 0.3 is 0 Å². The molecule has 1 aromatic heterocycles. The third-order valence-corrected chi connectivity index (χ3v) is 6.50. The standard InChI is InChI=1S/C15H17ClN2O3S/c1-10-15(11(2)21-17-10)22(19,20)18-9-5-8-14(18)12-6-3-4-7-13(12)16/h3-4,6-7,14H,5,8-9H2,1-2H3/t14-/m0/s1. The summed E-state index contributed by atoms with van der Waals surface area (Å²) in [4.78, 5) is 0.173. The van der Waals surface area contributed by atoms with Crippen LogP contribution in [0.2, 0.25) is 5.02 Å². The first kappa shape index (κ1) is 15.5. The van der Waals surface area contributed by atoms with Crippen molar-refractivity contribution in [2.45, 2.75) is 37.6 Å². The summed E-state index contributed by atoms with van der Waals surface area (Å²) in [6.07, 6.45) is 1.56. The van der Waals surface area contributed by atoms with E-state index in [2.05, 4.69) is 5.16 Å². The van der Waals surface area contributed by atoms with Crippen molar-refractivity contribution in [3.8, 4) is 0 Å². The maximum absolute atomic E-state index is 13.0. The predicted molar refractivity (Wildman–Crippen MR) is 83.3 cm³/mol. The van der Waals surface area contributed by atoms with E-state index in [1.54, 1.807) is 19.9 Å². The van der Waals surface area contributed by atoms with Crippen LogP contribution >= 0.6 is 11.6 Å². The van der Waals surface area contributed by atoms with Crippen molar-refractivity contribution in [2.75, 3.05) is 6.54 Å². The maximum atomic E-state index is 13.0. The van der Waals surface area contributed by atoms with Gasteiger partial charge in [0.2, 0.25) is 10.0 Å². The summed E-state index contributed by atoms with van der Waals surface area (Å²) in [6, 6.07) is 7.14. The van der Waals surface area contributed by atoms with Crippen LogP contribution in [0.5, 0.6) is 0 Å². The molecule has 0 bridgehead atoms. The number of hydrogen-bond donors (Lipinski definition) is 0. The van der Waals surface area contributed by atoms with E-state index in [4.69, 9.17) is 16.1 Å². The lowest BCUT2D eigenvalue weighted by Gasteiger charge is -2.24. The quantitative estimate of drug-likeness (QED) is 0.858. The molecule has 22 heavy (non-hydrogen) atoms. The van der Waals surface area contributed by atoms with Crippen molar-refractivity contribution >= 4 is 21.6 Å². The molecule has 0 unspecified atom stereocenters. The fourth-order valence-electron chi connectivity index (χ4n) is 3.04. The van der Waals surface area contributed by atoms with Gasteiger partial charge in [-0.25, -0.2) is 8.42 Å². The predicted octanol–water partition coefficient (Wildman–Crippen LogP) is 3.47. The molecule has 0 saturated carbocycles. The molecule has 1 saturated heterocycles. The average molecular weight is 341 g/mol. The number of hydrogen-bond acceptors (Lipinski definition) is 4. The largest absolute Gasteiger partial charge is 0.360 e. The monoisotopic (exact) mass is 340 g/mol. The Bertz CT molecular complexity index is 781. The SMILES string of the molecule is Cc1noc(C)c1S(=O)(=O)N1CCC[C@H]1c1ccccc1Cl. The Balaban J connectivity index is 2.06. The van der Waals surface area contributed by atoms with E-state index in [1.165, 1.54) is 4.31 Å². The summed E-state index contributed by atoms with van der Waals surface area (Å²) in [7, 11) is -3.65. The fourth-order valence-corrected chi connectivity index (χ4v) is 5.27. The number of benzene rings is 1. The molecule has 0 N–H and O–H groups in total. The first-order valence-corrected chi connectivity index (χ1v) is 8.94. The molecule has 0 amide bonds. The van der Waals surface area contributed by atoms with Gasteiger partial charge in [-0.15, -0.1) is 0 Å². The molecular formula is C15H17ClN2O3S. The number of halogens is 1. The summed E-state index contributed by atoms with van der Waals surface area (Å²) in [5, 5.41) is 4.35. The number of nitrogens with zero attached hydrogens (tertiary/aromatic N) is 2. The van der Waals surface area contributed by atoms with E-state index in [9.17, 15) is 8.42 Å². The van der Waals surface area contributed by atoms with Crippen LogP contribution in [0.15, 0.2) is 33.7 Å². The van der Waals surface area contributed by atoms with E-state index in [-0.39, 0.29) is 10.9 Å². The fraction of sp³-hybridized carbons (Fsp3) is 0.400. The Labute approximate surface area is 134 Å². The lowest BCUT2D eigenvalue weighted by molar-refractivity contribution is 0.384. The summed E-state index contributed by atoms with van der Waals surface area (Å²) in [6.45, 7) is 3.74. The minimum absolute atomic E-state index is 0.173. The van der Waals surface area contributed by atoms with E-state index in [0.29, 0.717) is 23.0 Å². The molecule has 1 atom stereocenters. The van der Waals surface area contributed by atoms with Crippen LogP contribution in [0, 0.1) is 13.8 Å². The molecule has 1 aromatic carbocycles. The number of sulfonamides is 1. The number of aryl methyl sites for hydroxylation is 2. The Hall–Kier alpha value is -1.37. The molecule has 3 rings (SSSR count). The molecule has 2 heterocycles. The van der Waals surface area contributed by atoms with E-state index in [0.717, 1.165) is 18.4 Å². The molecular weight excluding hydrogens is 324 g/mol. The van der Waals surface area contributed by atoms with Crippen molar-refractivity contribution in [1.82, 2.24) is 9.46 Å². The molecule has 5 nitrogen and oxygen atoms in total. The lowest BCUT2D eigenvalue weighted by atomic mass is 10.1. The minimum atomic E-state index is -3.65. The van der Waals surface area contributed by atoms with Gasteiger partial charge in [-0.1, -0.05) is 35.0 Å². The second-order valence-corrected chi connectivity index (χ2v) is 7.68. The molecule has 0 aliphatic carbocycles. The summed E-state index contributed by atoms with van der Waals surface area (Å²) < 4.78 is 32.6. The van der Waals surface area contributed by atoms with E-state index >= 15 is 0 Å². The third kappa shape index (κ3) is 2.45. The third-order valence-electron chi connectivity index (χ3n) is 4.00. The molecule has 1 fully saturated rings. The van der Waals surface area contributed by atoms with Crippen LogP contribution in [0.4, 0.5) is 0 Å². The van der Waals surface area contributed by atoms with Crippen LogP contribution in [0.3, 0.4) is 0 Å². The second-order valence-electron chi connectivity index (χ2n) is 5.45. The lowest BCUT2D eigenvalue weighted by Crippen LogP contribution is -2.31. The highest BCUT2D eigenvalue weighted by Gasteiger charge is 2.39. The molecule has 1 aliphatic rings. The van der Waals surface area contributed by atoms with Gasteiger partial charge in [0.05, 0.1) is 6.04 Å². The van der Waals surface area contributed by atoms with Crippen molar-refractivity contribution in [1.29, 1.82) is 0 Å². The molecule has 2 aromatic rings. The Kier molecular flexibility index (Phi) is 4.01. The minimum Gasteiger partial charge on any atom is -0.360 e. The highest BCUT2D eigenvalue weighted by Crippen LogP contribution is 2.40. The first-order chi connectivity index (χ1) is 10.4. The van der Waals surface area contributed by atoms with Crippen LogP contribution < -0.4 is 0 Å². The molecule has 1 aliphatic heterocycles. The Morgan fingerprint density at radius 1 is 1.32 bits per heavy atom. The smallest absolute Gasteiger partial charge is 0.249 e. The zero-order valence-corrected chi connectivity index (χ0v) is 14.0. The van der Waals surface area contributed by atoms with Gasteiger partial charge in [0.25, 0.3) is 0 Å². The van der Waals surface area contributed by atoms with Gasteiger partial charge in [-0.3, -0.25) is 0 Å². The molecule has 0 radical (unpaired) electrons. The van der Waals surface area contributed by atoms with Crippen molar-refractivity contribution in [2.24, 2.45) is 0 Å². The number of aromatic nitrogens is 1. The Morgan fingerprint density at radius 2 is 2.05 bits per heavy atom. The zero-order valence-electron chi connectivity index (χ0n) is 12.4. The van der Waals surface area contributed by atoms with Gasteiger partial charge in [-0.2, -0.15) is 4.31 Å². The first-order valence-electron chi connectivity index (χ1n) is 7.12. The molecule has 0 spiro atoms. The van der Waals surface area contributed by atoms with Gasteiger partial charge in [0.1, 0.15) is 10.6 Å². The van der Waals surface area contributed by atoms with Gasteiger partial charge < -0.3 is 4.52 Å². The average Bonchev–Trinajstić information content (AvgIpc) is 3.07.